The molecule has 1 saturated carbocycles. The average Bonchev–Trinajstić information content (AvgIpc) is 2.62. The predicted octanol–water partition coefficient (Wildman–Crippen LogP) is 4.37. The van der Waals surface area contributed by atoms with Gasteiger partial charge in [-0.25, -0.2) is 13.1 Å². The first-order chi connectivity index (χ1) is 12.4. The van der Waals surface area contributed by atoms with Crippen LogP contribution in [-0.4, -0.2) is 27.5 Å². The van der Waals surface area contributed by atoms with Crippen molar-refractivity contribution in [3.05, 3.63) is 59.1 Å². The molecule has 0 aromatic heterocycles. The van der Waals surface area contributed by atoms with Gasteiger partial charge in [0.25, 0.3) is 0 Å². The number of benzene rings is 2. The number of rotatable bonds is 5. The van der Waals surface area contributed by atoms with E-state index in [4.69, 9.17) is 11.6 Å². The number of sulfonamides is 1. The van der Waals surface area contributed by atoms with Gasteiger partial charge in [-0.15, -0.1) is 0 Å². The zero-order chi connectivity index (χ0) is 18.7. The molecule has 2 atom stereocenters. The van der Waals surface area contributed by atoms with Crippen LogP contribution >= 0.6 is 11.6 Å². The van der Waals surface area contributed by atoms with E-state index in [1.165, 1.54) is 5.56 Å². The Morgan fingerprint density at radius 1 is 1.00 bits per heavy atom. The molecule has 1 fully saturated rings. The molecule has 140 valence electrons. The van der Waals surface area contributed by atoms with Gasteiger partial charge in [0.05, 0.1) is 4.90 Å². The highest BCUT2D eigenvalue weighted by Gasteiger charge is 2.32. The standard InChI is InChI=1S/C20H25ClN2O2S/c1-15-7-11-17(12-8-15)23(2)20-6-4-3-5-19(20)22-26(24,25)18-13-9-16(21)10-14-18/h7-14,19-20,22H,3-6H2,1-2H3/t19-,20-/m0/s1. The van der Waals surface area contributed by atoms with Gasteiger partial charge in [-0.3, -0.25) is 0 Å². The van der Waals surface area contributed by atoms with Crippen molar-refractivity contribution >= 4 is 27.3 Å². The van der Waals surface area contributed by atoms with Gasteiger partial charge in [-0.05, 0) is 56.2 Å². The van der Waals surface area contributed by atoms with Crippen LogP contribution in [0.4, 0.5) is 5.69 Å². The molecule has 1 N–H and O–H groups in total. The van der Waals surface area contributed by atoms with Crippen molar-refractivity contribution in [2.75, 3.05) is 11.9 Å². The van der Waals surface area contributed by atoms with Crippen LogP contribution in [0, 0.1) is 6.92 Å². The summed E-state index contributed by atoms with van der Waals surface area (Å²) < 4.78 is 28.5. The largest absolute Gasteiger partial charge is 0.370 e. The van der Waals surface area contributed by atoms with Gasteiger partial charge in [0.2, 0.25) is 10.0 Å². The number of anilines is 1. The maximum atomic E-state index is 12.8. The van der Waals surface area contributed by atoms with Crippen molar-refractivity contribution in [2.24, 2.45) is 0 Å². The predicted molar refractivity (Wildman–Crippen MR) is 107 cm³/mol. The Bertz CT molecular complexity index is 835. The number of nitrogens with zero attached hydrogens (tertiary/aromatic N) is 1. The maximum absolute atomic E-state index is 12.8. The van der Waals surface area contributed by atoms with E-state index in [0.29, 0.717) is 5.02 Å². The molecule has 26 heavy (non-hydrogen) atoms. The zero-order valence-electron chi connectivity index (χ0n) is 15.2. The van der Waals surface area contributed by atoms with E-state index in [0.717, 1.165) is 31.4 Å². The van der Waals surface area contributed by atoms with E-state index in [-0.39, 0.29) is 17.0 Å². The minimum atomic E-state index is -3.57. The van der Waals surface area contributed by atoms with Crippen molar-refractivity contribution in [1.29, 1.82) is 0 Å². The van der Waals surface area contributed by atoms with Gasteiger partial charge in [-0.2, -0.15) is 0 Å². The van der Waals surface area contributed by atoms with Gasteiger partial charge in [-0.1, -0.05) is 42.1 Å². The van der Waals surface area contributed by atoms with Crippen molar-refractivity contribution in [3.8, 4) is 0 Å². The second kappa shape index (κ2) is 7.99. The third-order valence-corrected chi connectivity index (χ3v) is 6.86. The summed E-state index contributed by atoms with van der Waals surface area (Å²) >= 11 is 5.88. The first-order valence-corrected chi connectivity index (χ1v) is 10.8. The maximum Gasteiger partial charge on any atom is 0.240 e. The van der Waals surface area contributed by atoms with E-state index >= 15 is 0 Å². The van der Waals surface area contributed by atoms with E-state index in [1.807, 2.05) is 7.05 Å². The molecule has 1 aliphatic rings. The third kappa shape index (κ3) is 4.40. The molecule has 3 rings (SSSR count). The Kier molecular flexibility index (Phi) is 5.90. The normalized spacial score (nSPS) is 20.7. The quantitative estimate of drug-likeness (QED) is 0.821. The lowest BCUT2D eigenvalue weighted by atomic mass is 9.90. The fraction of sp³-hybridized carbons (Fsp3) is 0.400. The first kappa shape index (κ1) is 19.2. The molecule has 2 aromatic rings. The Hall–Kier alpha value is -1.56. The van der Waals surface area contributed by atoms with Crippen LogP contribution in [0.3, 0.4) is 0 Å². The Morgan fingerprint density at radius 2 is 1.62 bits per heavy atom. The molecule has 4 nitrogen and oxygen atoms in total. The van der Waals surface area contributed by atoms with Gasteiger partial charge < -0.3 is 4.90 Å². The van der Waals surface area contributed by atoms with Crippen LogP contribution in [0.15, 0.2) is 53.4 Å². The summed E-state index contributed by atoms with van der Waals surface area (Å²) in [6.45, 7) is 2.06. The number of hydrogen-bond acceptors (Lipinski definition) is 3. The van der Waals surface area contributed by atoms with Crippen LogP contribution in [0.5, 0.6) is 0 Å². The number of nitrogens with one attached hydrogen (secondary N) is 1. The fourth-order valence-corrected chi connectivity index (χ4v) is 4.99. The number of aryl methyl sites for hydroxylation is 1. The van der Waals surface area contributed by atoms with Gasteiger partial charge in [0.1, 0.15) is 0 Å². The summed E-state index contributed by atoms with van der Waals surface area (Å²) in [6, 6.07) is 14.7. The summed E-state index contributed by atoms with van der Waals surface area (Å²) in [5.41, 5.74) is 2.32. The second-order valence-corrected chi connectivity index (χ2v) is 9.13. The van der Waals surface area contributed by atoms with Gasteiger partial charge in [0.15, 0.2) is 0 Å². The summed E-state index contributed by atoms with van der Waals surface area (Å²) in [7, 11) is -1.52. The summed E-state index contributed by atoms with van der Waals surface area (Å²) in [5.74, 6) is 0. The van der Waals surface area contributed by atoms with E-state index in [9.17, 15) is 8.42 Å². The van der Waals surface area contributed by atoms with Gasteiger partial charge in [0, 0.05) is 29.8 Å². The number of likely N-dealkylation sites (N-methyl/N-ethyl adjacent to an activating group) is 1. The van der Waals surface area contributed by atoms with Crippen molar-refractivity contribution in [3.63, 3.8) is 0 Å². The molecule has 2 aromatic carbocycles. The minimum Gasteiger partial charge on any atom is -0.370 e. The fourth-order valence-electron chi connectivity index (χ4n) is 3.56. The molecule has 0 saturated heterocycles. The minimum absolute atomic E-state index is 0.115. The molecular weight excluding hydrogens is 368 g/mol. The van der Waals surface area contributed by atoms with Crippen LogP contribution in [0.25, 0.3) is 0 Å². The molecule has 0 radical (unpaired) electrons. The summed E-state index contributed by atoms with van der Waals surface area (Å²) in [6.07, 6.45) is 3.96. The lowest BCUT2D eigenvalue weighted by Gasteiger charge is -2.39. The van der Waals surface area contributed by atoms with Crippen molar-refractivity contribution in [2.45, 2.75) is 49.6 Å². The highest BCUT2D eigenvalue weighted by Crippen LogP contribution is 2.28. The van der Waals surface area contributed by atoms with Gasteiger partial charge >= 0.3 is 0 Å². The zero-order valence-corrected chi connectivity index (χ0v) is 16.7. The monoisotopic (exact) mass is 392 g/mol. The van der Waals surface area contributed by atoms with Crippen molar-refractivity contribution in [1.82, 2.24) is 4.72 Å². The Labute approximate surface area is 161 Å². The van der Waals surface area contributed by atoms with Crippen LogP contribution in [0.2, 0.25) is 5.02 Å². The molecule has 0 bridgehead atoms. The Morgan fingerprint density at radius 3 is 2.27 bits per heavy atom. The highest BCUT2D eigenvalue weighted by atomic mass is 35.5. The van der Waals surface area contributed by atoms with Crippen molar-refractivity contribution < 1.29 is 8.42 Å². The smallest absolute Gasteiger partial charge is 0.240 e. The molecule has 0 amide bonds. The molecule has 1 aliphatic carbocycles. The lowest BCUT2D eigenvalue weighted by Crippen LogP contribution is -2.52. The highest BCUT2D eigenvalue weighted by molar-refractivity contribution is 7.89. The van der Waals surface area contributed by atoms with E-state index in [1.54, 1.807) is 24.3 Å². The van der Waals surface area contributed by atoms with Crippen LogP contribution in [0.1, 0.15) is 31.2 Å². The second-order valence-electron chi connectivity index (χ2n) is 6.98. The van der Waals surface area contributed by atoms with Crippen LogP contribution < -0.4 is 9.62 Å². The number of halogens is 1. The van der Waals surface area contributed by atoms with Crippen LogP contribution in [-0.2, 0) is 10.0 Å². The average molecular weight is 393 g/mol. The molecule has 0 heterocycles. The molecule has 0 unspecified atom stereocenters. The third-order valence-electron chi connectivity index (χ3n) is 5.10. The summed E-state index contributed by atoms with van der Waals surface area (Å²) in [4.78, 5) is 2.46. The first-order valence-electron chi connectivity index (χ1n) is 8.94. The summed E-state index contributed by atoms with van der Waals surface area (Å²) in [5, 5.41) is 0.526. The van der Waals surface area contributed by atoms with E-state index < -0.39 is 10.0 Å². The SMILES string of the molecule is Cc1ccc(N(C)[C@H]2CCCC[C@@H]2NS(=O)(=O)c2ccc(Cl)cc2)cc1. The lowest BCUT2D eigenvalue weighted by molar-refractivity contribution is 0.351. The molecule has 6 heteroatoms. The topological polar surface area (TPSA) is 49.4 Å². The molecular formula is C20H25ClN2O2S. The molecule has 0 aliphatic heterocycles. The Balaban J connectivity index is 1.80. The number of hydrogen-bond donors (Lipinski definition) is 1. The molecule has 0 spiro atoms. The van der Waals surface area contributed by atoms with E-state index in [2.05, 4.69) is 40.8 Å².